The Morgan fingerprint density at radius 3 is 2.07 bits per heavy atom. The second-order valence-corrected chi connectivity index (χ2v) is 11.2. The molecule has 5 heteroatoms. The van der Waals surface area contributed by atoms with Crippen LogP contribution in [0.4, 0.5) is 11.4 Å². The average molecular weight is 521 g/mol. The Morgan fingerprint density at radius 2 is 1.43 bits per heavy atom. The Balaban J connectivity index is 1.33. The molecule has 0 saturated carbocycles. The monoisotopic (exact) mass is 523 g/mol. The molecule has 0 bridgehead atoms. The van der Waals surface area contributed by atoms with Gasteiger partial charge in [-0.05, 0) is 0 Å². The van der Waals surface area contributed by atoms with Crippen LogP contribution in [0.2, 0.25) is 0 Å². The number of carbonyl (C=O) groups is 2. The molecule has 0 saturated heterocycles. The van der Waals surface area contributed by atoms with Crippen molar-refractivity contribution >= 4 is 62.4 Å². The van der Waals surface area contributed by atoms with Gasteiger partial charge in [-0.3, -0.25) is 0 Å². The summed E-state index contributed by atoms with van der Waals surface area (Å²) >= 11 is 0.987. The van der Waals surface area contributed by atoms with Crippen LogP contribution >= 0.6 is 11.3 Å². The van der Waals surface area contributed by atoms with E-state index in [1.165, 1.54) is 35.6 Å². The van der Waals surface area contributed by atoms with Gasteiger partial charge < -0.3 is 0 Å². The van der Waals surface area contributed by atoms with Gasteiger partial charge in [0.1, 0.15) is 0 Å². The second kappa shape index (κ2) is 6.92. The van der Waals surface area contributed by atoms with Crippen molar-refractivity contribution in [3.8, 4) is 0 Å². The van der Waals surface area contributed by atoms with Crippen LogP contribution in [0, 0.1) is 0 Å². The molecule has 144 valence electrons. The average Bonchev–Trinajstić information content (AvgIpc) is 3.48. The Labute approximate surface area is 188 Å². The third-order valence-corrected chi connectivity index (χ3v) is 9.53. The number of anilines is 2. The van der Waals surface area contributed by atoms with Crippen molar-refractivity contribution in [2.24, 2.45) is 0 Å². The molecule has 2 heterocycles. The van der Waals surface area contributed by atoms with Gasteiger partial charge in [-0.1, -0.05) is 0 Å². The summed E-state index contributed by atoms with van der Waals surface area (Å²) in [7, 11) is 0. The molecule has 1 aromatic heterocycles. The van der Waals surface area contributed by atoms with E-state index in [1.807, 2.05) is 6.08 Å². The van der Waals surface area contributed by atoms with E-state index < -0.39 is 20.9 Å². The van der Waals surface area contributed by atoms with Crippen LogP contribution in [-0.2, 0) is 0 Å². The van der Waals surface area contributed by atoms with Crippen LogP contribution in [-0.4, -0.2) is 32.5 Å². The number of nitrogens with zero attached hydrogens (tertiary/aromatic N) is 1. The zero-order chi connectivity index (χ0) is 20.2. The van der Waals surface area contributed by atoms with Crippen molar-refractivity contribution in [1.29, 1.82) is 0 Å². The van der Waals surface area contributed by atoms with E-state index in [9.17, 15) is 9.59 Å². The molecule has 2 aliphatic carbocycles. The van der Waals surface area contributed by atoms with Crippen molar-refractivity contribution in [1.82, 2.24) is 0 Å². The first-order chi connectivity index (χ1) is 14.7. The first-order valence-corrected chi connectivity index (χ1v) is 12.9. The molecule has 0 unspecified atom stereocenters. The van der Waals surface area contributed by atoms with Gasteiger partial charge in [-0.15, -0.1) is 0 Å². The zero-order valence-electron chi connectivity index (χ0n) is 15.8. The molecule has 3 aliphatic rings. The first kappa shape index (κ1) is 18.1. The fourth-order valence-corrected chi connectivity index (χ4v) is 7.98. The standard InChI is InChI=1S/C25H15NO2STe/c27-24-17(25(28)19-14-29-13-18(19)24)12-15-9-10-16(11-15)26-20-5-1-3-7-22(20)30-23-8-4-2-6-21(23)26/h1-10,12-14H,11H2. The molecule has 1 aliphatic heterocycles. The van der Waals surface area contributed by atoms with E-state index >= 15 is 0 Å². The minimum atomic E-state index is -0.416. The predicted octanol–water partition coefficient (Wildman–Crippen LogP) is 4.07. The molecule has 3 nitrogen and oxygen atoms in total. The fourth-order valence-electron chi connectivity index (χ4n) is 4.16. The van der Waals surface area contributed by atoms with E-state index in [1.54, 1.807) is 16.8 Å². The number of hydrogen-bond acceptors (Lipinski definition) is 4. The third-order valence-electron chi connectivity index (χ3n) is 5.56. The number of carbonyl (C=O) groups excluding carboxylic acids is 2. The summed E-state index contributed by atoms with van der Waals surface area (Å²) in [6.45, 7) is 0. The van der Waals surface area contributed by atoms with Gasteiger partial charge in [-0.25, -0.2) is 0 Å². The molecule has 6 rings (SSSR count). The van der Waals surface area contributed by atoms with Gasteiger partial charge in [0.05, 0.1) is 0 Å². The molecule has 2 aromatic carbocycles. The maximum atomic E-state index is 12.6. The quantitative estimate of drug-likeness (QED) is 0.290. The normalized spacial score (nSPS) is 16.8. The Bertz CT molecular complexity index is 1270. The van der Waals surface area contributed by atoms with Gasteiger partial charge in [0.25, 0.3) is 0 Å². The van der Waals surface area contributed by atoms with E-state index in [0.717, 1.165) is 5.57 Å². The summed E-state index contributed by atoms with van der Waals surface area (Å²) in [6.07, 6.45) is 6.63. The molecule has 0 atom stereocenters. The Kier molecular flexibility index (Phi) is 4.17. The minimum absolute atomic E-state index is 0.148. The summed E-state index contributed by atoms with van der Waals surface area (Å²) in [4.78, 5) is 27.6. The molecule has 30 heavy (non-hydrogen) atoms. The van der Waals surface area contributed by atoms with Crippen LogP contribution in [0.5, 0.6) is 0 Å². The number of benzene rings is 2. The Morgan fingerprint density at radius 1 is 0.833 bits per heavy atom. The van der Waals surface area contributed by atoms with E-state index in [-0.39, 0.29) is 11.6 Å². The first-order valence-electron chi connectivity index (χ1n) is 9.64. The van der Waals surface area contributed by atoms with Gasteiger partial charge in [-0.2, -0.15) is 0 Å². The number of para-hydroxylation sites is 2. The molecule has 0 spiro atoms. The SMILES string of the molecule is O=C1C(=CC2=CC=C(N3c4ccccc4[Te]c4ccccc43)C2)C(=O)c2cscc21. The van der Waals surface area contributed by atoms with Crippen LogP contribution in [0.15, 0.2) is 94.4 Å². The molecular weight excluding hydrogens is 506 g/mol. The van der Waals surface area contributed by atoms with Gasteiger partial charge >= 0.3 is 189 Å². The number of ketones is 2. The Hall–Kier alpha value is -2.71. The van der Waals surface area contributed by atoms with E-state index in [0.29, 0.717) is 23.1 Å². The van der Waals surface area contributed by atoms with Crippen LogP contribution in [0.3, 0.4) is 0 Å². The van der Waals surface area contributed by atoms with Crippen molar-refractivity contribution in [3.63, 3.8) is 0 Å². The van der Waals surface area contributed by atoms with Crippen molar-refractivity contribution < 1.29 is 9.59 Å². The second-order valence-electron chi connectivity index (χ2n) is 7.36. The number of allylic oxidation sites excluding steroid dienone is 5. The van der Waals surface area contributed by atoms with Crippen molar-refractivity contribution in [2.45, 2.75) is 6.42 Å². The number of rotatable bonds is 2. The van der Waals surface area contributed by atoms with Gasteiger partial charge in [0.2, 0.25) is 0 Å². The van der Waals surface area contributed by atoms with Crippen LogP contribution in [0.25, 0.3) is 0 Å². The summed E-state index contributed by atoms with van der Waals surface area (Å²) < 4.78 is 2.86. The summed E-state index contributed by atoms with van der Waals surface area (Å²) in [5, 5.41) is 3.54. The zero-order valence-corrected chi connectivity index (χ0v) is 18.9. The van der Waals surface area contributed by atoms with Crippen molar-refractivity contribution in [2.75, 3.05) is 4.90 Å². The maximum absolute atomic E-state index is 12.6. The van der Waals surface area contributed by atoms with Gasteiger partial charge in [0, 0.05) is 0 Å². The molecule has 3 aromatic rings. The van der Waals surface area contributed by atoms with Crippen LogP contribution in [0.1, 0.15) is 27.1 Å². The number of Topliss-reactive ketones (excluding diaryl/α,β-unsaturated/α-hetero) is 2. The summed E-state index contributed by atoms with van der Waals surface area (Å²) in [6, 6.07) is 17.3. The molecular formula is C25H15NO2STe. The molecule has 0 radical (unpaired) electrons. The fraction of sp³-hybridized carbons (Fsp3) is 0.0400. The van der Waals surface area contributed by atoms with Crippen molar-refractivity contribution in [3.05, 3.63) is 105 Å². The molecule has 0 amide bonds. The predicted molar refractivity (Wildman–Crippen MR) is 122 cm³/mol. The number of fused-ring (bicyclic) bond motifs is 3. The number of hydrogen-bond donors (Lipinski definition) is 0. The van der Waals surface area contributed by atoms with Crippen LogP contribution < -0.4 is 12.1 Å². The number of thiophene rings is 1. The third kappa shape index (κ3) is 2.70. The van der Waals surface area contributed by atoms with E-state index in [4.69, 9.17) is 0 Å². The molecule has 0 N–H and O–H groups in total. The summed E-state index contributed by atoms with van der Waals surface area (Å²) in [5.41, 5.74) is 6.05. The summed E-state index contributed by atoms with van der Waals surface area (Å²) in [5.74, 6) is -0.297. The van der Waals surface area contributed by atoms with E-state index in [2.05, 4.69) is 59.5 Å². The van der Waals surface area contributed by atoms with Gasteiger partial charge in [0.15, 0.2) is 0 Å². The molecule has 0 fully saturated rings. The topological polar surface area (TPSA) is 37.4 Å².